The third kappa shape index (κ3) is 5.16. The zero-order valence-corrected chi connectivity index (χ0v) is 17.6. The molecule has 0 aliphatic rings. The molecule has 0 aliphatic heterocycles. The molecule has 0 bridgehead atoms. The van der Waals surface area contributed by atoms with Crippen LogP contribution in [-0.4, -0.2) is 33.0 Å². The van der Waals surface area contributed by atoms with Crippen molar-refractivity contribution in [2.75, 3.05) is 0 Å². The van der Waals surface area contributed by atoms with E-state index in [0.29, 0.717) is 13.1 Å². The van der Waals surface area contributed by atoms with E-state index in [0.717, 1.165) is 27.6 Å². The number of carboxylic acids is 1. The molecule has 1 aromatic heterocycles. The second-order valence-corrected chi connectivity index (χ2v) is 7.73. The predicted octanol–water partition coefficient (Wildman–Crippen LogP) is 4.58. The lowest BCUT2D eigenvalue weighted by Gasteiger charge is -2.25. The lowest BCUT2D eigenvalue weighted by atomic mass is 10.1. The second kappa shape index (κ2) is 9.83. The summed E-state index contributed by atoms with van der Waals surface area (Å²) in [6, 6.07) is 25.6. The number of nitrogens with one attached hydrogen (secondary N) is 2. The fraction of sp³-hybridized carbons (Fsp3) is 0.154. The summed E-state index contributed by atoms with van der Waals surface area (Å²) in [5.74, 6) is -1.07. The summed E-state index contributed by atoms with van der Waals surface area (Å²) in [4.78, 5) is 30.0. The van der Waals surface area contributed by atoms with Crippen molar-refractivity contribution in [1.82, 2.24) is 15.2 Å². The molecule has 0 spiro atoms. The van der Waals surface area contributed by atoms with Crippen LogP contribution in [0.3, 0.4) is 0 Å². The van der Waals surface area contributed by atoms with Gasteiger partial charge in [0.2, 0.25) is 0 Å². The van der Waals surface area contributed by atoms with Crippen molar-refractivity contribution in [3.8, 4) is 0 Å². The maximum Gasteiger partial charge on any atom is 0.326 e. The highest BCUT2D eigenvalue weighted by Crippen LogP contribution is 2.19. The molecule has 6 nitrogen and oxygen atoms in total. The van der Waals surface area contributed by atoms with E-state index in [4.69, 9.17) is 0 Å². The van der Waals surface area contributed by atoms with E-state index in [1.165, 1.54) is 0 Å². The highest BCUT2D eigenvalue weighted by Gasteiger charge is 2.25. The molecule has 4 rings (SSSR count). The number of aromatic amines is 1. The number of para-hydroxylation sites is 1. The van der Waals surface area contributed by atoms with Crippen molar-refractivity contribution >= 4 is 22.9 Å². The molecule has 1 atom stereocenters. The van der Waals surface area contributed by atoms with Crippen LogP contribution < -0.4 is 5.32 Å². The topological polar surface area (TPSA) is 85.4 Å². The fourth-order valence-electron chi connectivity index (χ4n) is 3.77. The summed E-state index contributed by atoms with van der Waals surface area (Å²) in [6.45, 7) is 0.752. The van der Waals surface area contributed by atoms with Crippen LogP contribution in [0, 0.1) is 0 Å². The number of hydrogen-bond donors (Lipinski definition) is 3. The van der Waals surface area contributed by atoms with Crippen molar-refractivity contribution in [1.29, 1.82) is 0 Å². The largest absolute Gasteiger partial charge is 0.480 e. The van der Waals surface area contributed by atoms with E-state index in [9.17, 15) is 14.7 Å². The summed E-state index contributed by atoms with van der Waals surface area (Å²) >= 11 is 0. The minimum Gasteiger partial charge on any atom is -0.480 e. The van der Waals surface area contributed by atoms with Crippen LogP contribution in [-0.2, 0) is 24.3 Å². The number of urea groups is 1. The maximum absolute atomic E-state index is 13.2. The van der Waals surface area contributed by atoms with Gasteiger partial charge in [-0.15, -0.1) is 0 Å². The number of nitrogens with zero attached hydrogens (tertiary/aromatic N) is 1. The van der Waals surface area contributed by atoms with Gasteiger partial charge in [-0.05, 0) is 22.8 Å². The molecule has 1 heterocycles. The molecular formula is C26H25N3O3. The van der Waals surface area contributed by atoms with Crippen molar-refractivity contribution in [3.05, 3.63) is 108 Å². The van der Waals surface area contributed by atoms with Crippen molar-refractivity contribution in [2.24, 2.45) is 0 Å². The third-order valence-corrected chi connectivity index (χ3v) is 5.41. The summed E-state index contributed by atoms with van der Waals surface area (Å²) in [7, 11) is 0. The Bertz CT molecular complexity index is 1150. The van der Waals surface area contributed by atoms with Crippen LogP contribution in [0.5, 0.6) is 0 Å². The van der Waals surface area contributed by atoms with Crippen molar-refractivity contribution in [3.63, 3.8) is 0 Å². The molecule has 0 fully saturated rings. The number of carbonyl (C=O) groups is 2. The zero-order valence-electron chi connectivity index (χ0n) is 17.6. The number of carbonyl (C=O) groups excluding carboxylic acids is 1. The minimum atomic E-state index is -1.07. The van der Waals surface area contributed by atoms with E-state index in [-0.39, 0.29) is 6.42 Å². The van der Waals surface area contributed by atoms with Gasteiger partial charge in [-0.3, -0.25) is 0 Å². The number of aromatic nitrogens is 1. The Morgan fingerprint density at radius 2 is 1.41 bits per heavy atom. The molecule has 0 unspecified atom stereocenters. The molecule has 0 radical (unpaired) electrons. The van der Waals surface area contributed by atoms with Gasteiger partial charge < -0.3 is 20.3 Å². The molecule has 0 aliphatic carbocycles. The Hall–Kier alpha value is -4.06. The predicted molar refractivity (Wildman–Crippen MR) is 124 cm³/mol. The van der Waals surface area contributed by atoms with E-state index in [1.54, 1.807) is 11.1 Å². The van der Waals surface area contributed by atoms with Gasteiger partial charge in [-0.25, -0.2) is 9.59 Å². The van der Waals surface area contributed by atoms with Crippen molar-refractivity contribution in [2.45, 2.75) is 25.6 Å². The second-order valence-electron chi connectivity index (χ2n) is 7.73. The number of H-pyrrole nitrogens is 1. The number of amides is 2. The van der Waals surface area contributed by atoms with Crippen LogP contribution in [0.1, 0.15) is 16.7 Å². The molecule has 4 aromatic rings. The van der Waals surface area contributed by atoms with Gasteiger partial charge in [0.1, 0.15) is 6.04 Å². The smallest absolute Gasteiger partial charge is 0.326 e. The summed E-state index contributed by atoms with van der Waals surface area (Å²) in [5.41, 5.74) is 3.74. The normalized spacial score (nSPS) is 11.8. The van der Waals surface area contributed by atoms with Crippen LogP contribution in [0.25, 0.3) is 10.9 Å². The first-order valence-corrected chi connectivity index (χ1v) is 10.5. The molecule has 2 amide bonds. The lowest BCUT2D eigenvalue weighted by Crippen LogP contribution is -2.48. The van der Waals surface area contributed by atoms with E-state index in [2.05, 4.69) is 10.3 Å². The van der Waals surface area contributed by atoms with Gasteiger partial charge in [0.25, 0.3) is 0 Å². The van der Waals surface area contributed by atoms with Crippen LogP contribution >= 0.6 is 0 Å². The van der Waals surface area contributed by atoms with E-state index in [1.807, 2.05) is 84.9 Å². The van der Waals surface area contributed by atoms with E-state index >= 15 is 0 Å². The van der Waals surface area contributed by atoms with Gasteiger partial charge in [-0.1, -0.05) is 78.9 Å². The van der Waals surface area contributed by atoms with Gasteiger partial charge in [0, 0.05) is 36.6 Å². The standard InChI is InChI=1S/C26H25N3O3/c30-25(31)24(15-21-16-27-23-14-8-7-13-22(21)23)28-26(32)29(17-19-9-3-1-4-10-19)18-20-11-5-2-6-12-20/h1-14,16,24,27H,15,17-18H2,(H,28,32)(H,30,31)/t24-/m1/s1. The van der Waals surface area contributed by atoms with Gasteiger partial charge in [0.05, 0.1) is 0 Å². The molecule has 0 saturated heterocycles. The van der Waals surface area contributed by atoms with Crippen LogP contribution in [0.15, 0.2) is 91.1 Å². The molecule has 0 saturated carbocycles. The lowest BCUT2D eigenvalue weighted by molar-refractivity contribution is -0.139. The summed E-state index contributed by atoms with van der Waals surface area (Å²) in [5, 5.41) is 13.5. The van der Waals surface area contributed by atoms with E-state index < -0.39 is 18.0 Å². The number of hydrogen-bond acceptors (Lipinski definition) is 2. The number of fused-ring (bicyclic) bond motifs is 1. The number of rotatable bonds is 8. The molecule has 162 valence electrons. The molecule has 6 heteroatoms. The third-order valence-electron chi connectivity index (χ3n) is 5.41. The Morgan fingerprint density at radius 3 is 2.00 bits per heavy atom. The molecular weight excluding hydrogens is 402 g/mol. The maximum atomic E-state index is 13.2. The first-order chi connectivity index (χ1) is 15.6. The average molecular weight is 428 g/mol. The van der Waals surface area contributed by atoms with Gasteiger partial charge >= 0.3 is 12.0 Å². The zero-order chi connectivity index (χ0) is 22.3. The number of carboxylic acid groups (broad SMARTS) is 1. The first-order valence-electron chi connectivity index (χ1n) is 10.5. The Kier molecular flexibility index (Phi) is 6.51. The fourth-order valence-corrected chi connectivity index (χ4v) is 3.77. The Labute approximate surface area is 186 Å². The van der Waals surface area contributed by atoms with Gasteiger partial charge in [-0.2, -0.15) is 0 Å². The SMILES string of the molecule is O=C(O)[C@@H](Cc1c[nH]c2ccccc12)NC(=O)N(Cc1ccccc1)Cc1ccccc1. The number of benzene rings is 3. The monoisotopic (exact) mass is 427 g/mol. The minimum absolute atomic E-state index is 0.190. The first kappa shape index (κ1) is 21.2. The molecule has 3 aromatic carbocycles. The number of aliphatic carboxylic acids is 1. The Morgan fingerprint density at radius 1 is 0.844 bits per heavy atom. The van der Waals surface area contributed by atoms with Crippen molar-refractivity contribution < 1.29 is 14.7 Å². The molecule has 32 heavy (non-hydrogen) atoms. The summed E-state index contributed by atoms with van der Waals surface area (Å²) < 4.78 is 0. The Balaban J connectivity index is 1.53. The van der Waals surface area contributed by atoms with Gasteiger partial charge in [0.15, 0.2) is 0 Å². The highest BCUT2D eigenvalue weighted by atomic mass is 16.4. The summed E-state index contributed by atoms with van der Waals surface area (Å²) in [6.07, 6.45) is 1.99. The quantitative estimate of drug-likeness (QED) is 0.385. The van der Waals surface area contributed by atoms with Crippen LogP contribution in [0.4, 0.5) is 4.79 Å². The average Bonchev–Trinajstić information content (AvgIpc) is 3.22. The highest BCUT2D eigenvalue weighted by molar-refractivity contribution is 5.86. The van der Waals surface area contributed by atoms with Crippen LogP contribution in [0.2, 0.25) is 0 Å². The molecule has 3 N–H and O–H groups in total.